The van der Waals surface area contributed by atoms with Crippen LogP contribution in [0.1, 0.15) is 72.6 Å². The quantitative estimate of drug-likeness (QED) is 0.750. The molecule has 1 heterocycles. The van der Waals surface area contributed by atoms with Gasteiger partial charge in [-0.05, 0) is 55.9 Å². The molecule has 4 nitrogen and oxygen atoms in total. The number of ether oxygens (including phenoxy) is 1. The van der Waals surface area contributed by atoms with E-state index in [2.05, 4.69) is 27.4 Å². The van der Waals surface area contributed by atoms with E-state index in [4.69, 9.17) is 4.74 Å². The fourth-order valence-corrected chi connectivity index (χ4v) is 6.22. The Bertz CT molecular complexity index is 568. The van der Waals surface area contributed by atoms with E-state index in [0.29, 0.717) is 12.3 Å². The molecule has 0 aromatic heterocycles. The third kappa shape index (κ3) is 2.37. The number of fused-ring (bicyclic) bond motifs is 2. The van der Waals surface area contributed by atoms with E-state index in [1.165, 1.54) is 0 Å². The molecule has 0 radical (unpaired) electrons. The molecule has 3 aliphatic rings. The first-order chi connectivity index (χ1) is 11.0. The number of hydrogen-bond donors (Lipinski definition) is 2. The molecule has 1 saturated heterocycles. The fraction of sp³-hybridized carbons (Fsp3) is 0.850. The smallest absolute Gasteiger partial charge is 0.306 e. The normalized spacial score (nSPS) is 47.6. The van der Waals surface area contributed by atoms with Crippen LogP contribution in [-0.2, 0) is 9.53 Å². The van der Waals surface area contributed by atoms with Crippen molar-refractivity contribution in [2.24, 2.45) is 16.7 Å². The molecule has 1 aliphatic heterocycles. The molecule has 2 aliphatic carbocycles. The number of aliphatic hydroxyl groups excluding tert-OH is 1. The molecule has 1 unspecified atom stereocenters. The monoisotopic (exact) mass is 336 g/mol. The summed E-state index contributed by atoms with van der Waals surface area (Å²) in [5.74, 6) is -0.478. The van der Waals surface area contributed by atoms with Gasteiger partial charge in [0.05, 0.1) is 23.7 Å². The third-order valence-electron chi connectivity index (χ3n) is 7.48. The zero-order chi connectivity index (χ0) is 18.0. The van der Waals surface area contributed by atoms with Crippen molar-refractivity contribution in [2.75, 3.05) is 0 Å². The molecule has 5 atom stereocenters. The van der Waals surface area contributed by atoms with Crippen molar-refractivity contribution in [1.82, 2.24) is 0 Å². The summed E-state index contributed by atoms with van der Waals surface area (Å²) in [6.45, 7) is 13.0. The Morgan fingerprint density at radius 3 is 2.50 bits per heavy atom. The third-order valence-corrected chi connectivity index (χ3v) is 7.48. The molecule has 136 valence electrons. The van der Waals surface area contributed by atoms with Gasteiger partial charge < -0.3 is 14.9 Å². The van der Waals surface area contributed by atoms with Gasteiger partial charge in [0.15, 0.2) is 0 Å². The Morgan fingerprint density at radius 2 is 1.88 bits per heavy atom. The van der Waals surface area contributed by atoms with Crippen LogP contribution in [0.4, 0.5) is 0 Å². The van der Waals surface area contributed by atoms with Crippen molar-refractivity contribution in [3.8, 4) is 0 Å². The lowest BCUT2D eigenvalue weighted by atomic mass is 9.45. The molecule has 0 aromatic rings. The average Bonchev–Trinajstić information content (AvgIpc) is 2.78. The Labute approximate surface area is 145 Å². The molecule has 2 saturated carbocycles. The lowest BCUT2D eigenvalue weighted by molar-refractivity contribution is -0.212. The Morgan fingerprint density at radius 1 is 1.21 bits per heavy atom. The molecule has 24 heavy (non-hydrogen) atoms. The van der Waals surface area contributed by atoms with Crippen LogP contribution in [0.15, 0.2) is 12.2 Å². The first-order valence-electron chi connectivity index (χ1n) is 9.25. The summed E-state index contributed by atoms with van der Waals surface area (Å²) in [5, 5.41) is 20.0. The van der Waals surface area contributed by atoms with Crippen LogP contribution in [0.25, 0.3) is 0 Å². The minimum atomic E-state index is -0.831. The molecule has 3 fully saturated rings. The number of aliphatic carboxylic acids is 1. The number of aliphatic hydroxyl groups is 1. The molecule has 3 rings (SSSR count). The number of carboxylic acid groups (broad SMARTS) is 1. The van der Waals surface area contributed by atoms with E-state index < -0.39 is 23.3 Å². The maximum atomic E-state index is 11.3. The van der Waals surface area contributed by atoms with E-state index >= 15 is 0 Å². The summed E-state index contributed by atoms with van der Waals surface area (Å²) in [5.41, 5.74) is -0.454. The van der Waals surface area contributed by atoms with Crippen molar-refractivity contribution < 1.29 is 19.7 Å². The highest BCUT2D eigenvalue weighted by molar-refractivity contribution is 5.68. The maximum absolute atomic E-state index is 11.3. The van der Waals surface area contributed by atoms with Crippen LogP contribution in [0, 0.1) is 16.7 Å². The molecule has 0 amide bonds. The minimum Gasteiger partial charge on any atom is -0.481 e. The van der Waals surface area contributed by atoms with Gasteiger partial charge >= 0.3 is 5.97 Å². The second-order valence-electron chi connectivity index (χ2n) is 9.54. The van der Waals surface area contributed by atoms with Crippen LogP contribution < -0.4 is 0 Å². The van der Waals surface area contributed by atoms with Crippen LogP contribution in [0.5, 0.6) is 0 Å². The molecule has 4 heteroatoms. The first-order valence-corrected chi connectivity index (χ1v) is 9.25. The second-order valence-corrected chi connectivity index (χ2v) is 9.54. The number of hydrogen-bond acceptors (Lipinski definition) is 3. The lowest BCUT2D eigenvalue weighted by Gasteiger charge is -2.63. The highest BCUT2D eigenvalue weighted by atomic mass is 16.5. The van der Waals surface area contributed by atoms with Crippen LogP contribution in [-0.4, -0.2) is 33.5 Å². The molecule has 0 aromatic carbocycles. The van der Waals surface area contributed by atoms with Gasteiger partial charge in [-0.15, -0.1) is 0 Å². The van der Waals surface area contributed by atoms with E-state index in [9.17, 15) is 15.0 Å². The summed E-state index contributed by atoms with van der Waals surface area (Å²) in [7, 11) is 0. The average molecular weight is 336 g/mol. The summed E-state index contributed by atoms with van der Waals surface area (Å²) in [6.07, 6.45) is 5.00. The van der Waals surface area contributed by atoms with Gasteiger partial charge in [-0.2, -0.15) is 0 Å². The van der Waals surface area contributed by atoms with Crippen LogP contribution in [0.2, 0.25) is 0 Å². The summed E-state index contributed by atoms with van der Waals surface area (Å²) < 4.78 is 6.60. The topological polar surface area (TPSA) is 66.8 Å². The Hall–Kier alpha value is -0.870. The molecule has 0 bridgehead atoms. The Balaban J connectivity index is 2.04. The van der Waals surface area contributed by atoms with E-state index in [-0.39, 0.29) is 17.3 Å². The number of rotatable bonds is 2. The van der Waals surface area contributed by atoms with Gasteiger partial charge in [-0.3, -0.25) is 4.79 Å². The molecule has 2 N–H and O–H groups in total. The summed E-state index contributed by atoms with van der Waals surface area (Å²) in [6, 6.07) is 0. The first kappa shape index (κ1) is 17.9. The summed E-state index contributed by atoms with van der Waals surface area (Å²) >= 11 is 0. The SMILES string of the molecule is C=C1[C@H](O)CC2C(C)(C)CCC[C@]2(C)[C@@]12CC[C@](C)(CC(=O)O)O2. The molecular formula is C20H32O4. The molecular weight excluding hydrogens is 304 g/mol. The van der Waals surface area contributed by atoms with Gasteiger partial charge in [0.25, 0.3) is 0 Å². The second kappa shape index (κ2) is 5.31. The van der Waals surface area contributed by atoms with E-state index in [0.717, 1.165) is 37.7 Å². The van der Waals surface area contributed by atoms with Gasteiger partial charge in [0, 0.05) is 5.41 Å². The van der Waals surface area contributed by atoms with Crippen molar-refractivity contribution >= 4 is 5.97 Å². The van der Waals surface area contributed by atoms with Gasteiger partial charge in [-0.1, -0.05) is 33.8 Å². The highest BCUT2D eigenvalue weighted by Crippen LogP contribution is 2.67. The largest absolute Gasteiger partial charge is 0.481 e. The van der Waals surface area contributed by atoms with Gasteiger partial charge in [-0.25, -0.2) is 0 Å². The van der Waals surface area contributed by atoms with Crippen molar-refractivity contribution in [3.05, 3.63) is 12.2 Å². The minimum absolute atomic E-state index is 0.00225. The lowest BCUT2D eigenvalue weighted by Crippen LogP contribution is -2.63. The predicted molar refractivity (Wildman–Crippen MR) is 92.7 cm³/mol. The zero-order valence-electron chi connectivity index (χ0n) is 15.5. The van der Waals surface area contributed by atoms with Gasteiger partial charge in [0.2, 0.25) is 0 Å². The Kier molecular flexibility index (Phi) is 3.97. The highest BCUT2D eigenvalue weighted by Gasteiger charge is 2.67. The standard InChI is InChI=1S/C20H32O4/c1-13-14(21)11-15-17(2,3)7-6-8-19(15,5)20(13)10-9-18(4,24-20)12-16(22)23/h14-15,21H,1,6-12H2,2-5H3,(H,22,23)/t14-,15?,18-,19+,20-/m1/s1. The van der Waals surface area contributed by atoms with Crippen LogP contribution in [0.3, 0.4) is 0 Å². The maximum Gasteiger partial charge on any atom is 0.306 e. The van der Waals surface area contributed by atoms with Crippen molar-refractivity contribution in [1.29, 1.82) is 0 Å². The van der Waals surface area contributed by atoms with Crippen molar-refractivity contribution in [2.45, 2.75) is 89.9 Å². The number of carboxylic acids is 1. The predicted octanol–water partition coefficient (Wildman–Crippen LogP) is 3.92. The molecule has 1 spiro atoms. The number of carbonyl (C=O) groups is 1. The van der Waals surface area contributed by atoms with E-state index in [1.807, 2.05) is 6.92 Å². The van der Waals surface area contributed by atoms with E-state index in [1.54, 1.807) is 0 Å². The zero-order valence-corrected chi connectivity index (χ0v) is 15.5. The van der Waals surface area contributed by atoms with Gasteiger partial charge in [0.1, 0.15) is 0 Å². The van der Waals surface area contributed by atoms with Crippen LogP contribution >= 0.6 is 0 Å². The van der Waals surface area contributed by atoms with Crippen molar-refractivity contribution in [3.63, 3.8) is 0 Å². The fourth-order valence-electron chi connectivity index (χ4n) is 6.22. The summed E-state index contributed by atoms with van der Waals surface area (Å²) in [4.78, 5) is 11.3.